The summed E-state index contributed by atoms with van der Waals surface area (Å²) in [4.78, 5) is 8.15. The molecule has 0 fully saturated rings. The summed E-state index contributed by atoms with van der Waals surface area (Å²) in [5.74, 6) is 0.697. The first kappa shape index (κ1) is 14.8. The Morgan fingerprint density at radius 2 is 2.17 bits per heavy atom. The van der Waals surface area contributed by atoms with Crippen LogP contribution in [0.25, 0.3) is 0 Å². The van der Waals surface area contributed by atoms with Crippen LogP contribution in [0.5, 0.6) is 0 Å². The molecule has 0 radical (unpaired) electrons. The third kappa shape index (κ3) is 7.18. The van der Waals surface area contributed by atoms with E-state index in [9.17, 15) is 13.2 Å². The minimum absolute atomic E-state index is 0.0926. The minimum Gasteiger partial charge on any atom is -0.372 e. The summed E-state index contributed by atoms with van der Waals surface area (Å²) < 4.78 is 39.7. The molecule has 0 atom stereocenters. The van der Waals surface area contributed by atoms with Gasteiger partial charge in [0.15, 0.2) is 0 Å². The third-order valence-corrected chi connectivity index (χ3v) is 2.05. The molecular formula is C11H16F3N3O. The Morgan fingerprint density at radius 1 is 1.39 bits per heavy atom. The summed E-state index contributed by atoms with van der Waals surface area (Å²) >= 11 is 0. The maximum Gasteiger partial charge on any atom is 0.411 e. The van der Waals surface area contributed by atoms with E-state index in [0.29, 0.717) is 25.3 Å². The summed E-state index contributed by atoms with van der Waals surface area (Å²) in [6.07, 6.45) is -2.04. The van der Waals surface area contributed by atoms with Crippen molar-refractivity contribution in [2.45, 2.75) is 26.1 Å². The van der Waals surface area contributed by atoms with Crippen molar-refractivity contribution in [3.8, 4) is 0 Å². The molecule has 0 saturated heterocycles. The molecule has 0 aromatic carbocycles. The van der Waals surface area contributed by atoms with Crippen molar-refractivity contribution >= 4 is 0 Å². The number of hydrogen-bond acceptors (Lipinski definition) is 4. The van der Waals surface area contributed by atoms with Gasteiger partial charge in [0.1, 0.15) is 12.4 Å². The summed E-state index contributed by atoms with van der Waals surface area (Å²) in [5, 5.41) is 3.08. The van der Waals surface area contributed by atoms with Gasteiger partial charge in [-0.05, 0) is 26.0 Å². The van der Waals surface area contributed by atoms with Gasteiger partial charge < -0.3 is 10.1 Å². The maximum atomic E-state index is 11.7. The van der Waals surface area contributed by atoms with Gasteiger partial charge in [-0.25, -0.2) is 9.97 Å². The van der Waals surface area contributed by atoms with Crippen LogP contribution in [-0.4, -0.2) is 35.9 Å². The van der Waals surface area contributed by atoms with E-state index in [1.54, 1.807) is 19.2 Å². The molecule has 18 heavy (non-hydrogen) atoms. The van der Waals surface area contributed by atoms with Crippen LogP contribution in [0, 0.1) is 6.92 Å². The highest BCUT2D eigenvalue weighted by Gasteiger charge is 2.27. The minimum atomic E-state index is -4.24. The van der Waals surface area contributed by atoms with Crippen LogP contribution in [0.1, 0.15) is 17.9 Å². The first-order valence-corrected chi connectivity index (χ1v) is 5.61. The van der Waals surface area contributed by atoms with Gasteiger partial charge in [0.2, 0.25) is 0 Å². The number of rotatable bonds is 7. The zero-order chi connectivity index (χ0) is 13.4. The summed E-state index contributed by atoms with van der Waals surface area (Å²) in [6.45, 7) is 1.87. The summed E-state index contributed by atoms with van der Waals surface area (Å²) in [5.41, 5.74) is 0.860. The lowest BCUT2D eigenvalue weighted by Gasteiger charge is -2.08. The van der Waals surface area contributed by atoms with E-state index in [1.807, 2.05) is 0 Å². The number of nitrogens with zero attached hydrogens (tertiary/aromatic N) is 2. The lowest BCUT2D eigenvalue weighted by molar-refractivity contribution is -0.173. The average molecular weight is 263 g/mol. The van der Waals surface area contributed by atoms with Gasteiger partial charge in [0.25, 0.3) is 0 Å². The molecule has 1 N–H and O–H groups in total. The molecule has 1 aromatic rings. The van der Waals surface area contributed by atoms with Crippen LogP contribution in [-0.2, 0) is 11.3 Å². The van der Waals surface area contributed by atoms with E-state index in [2.05, 4.69) is 20.0 Å². The molecular weight excluding hydrogens is 247 g/mol. The van der Waals surface area contributed by atoms with Gasteiger partial charge in [-0.1, -0.05) is 0 Å². The number of alkyl halides is 3. The number of nitrogens with one attached hydrogen (secondary N) is 1. The van der Waals surface area contributed by atoms with E-state index in [1.165, 1.54) is 0 Å². The van der Waals surface area contributed by atoms with Gasteiger partial charge in [0, 0.05) is 19.3 Å². The zero-order valence-corrected chi connectivity index (χ0v) is 10.1. The molecule has 0 bridgehead atoms. The summed E-state index contributed by atoms with van der Waals surface area (Å²) in [7, 11) is 0. The van der Waals surface area contributed by atoms with Crippen LogP contribution >= 0.6 is 0 Å². The lowest BCUT2D eigenvalue weighted by Crippen LogP contribution is -2.20. The molecule has 102 valence electrons. The number of aromatic nitrogens is 2. The first-order chi connectivity index (χ1) is 8.47. The SMILES string of the molecule is Cc1nccc(CNCCCOCC(F)(F)F)n1. The molecule has 0 unspecified atom stereocenters. The fourth-order valence-corrected chi connectivity index (χ4v) is 1.31. The monoisotopic (exact) mass is 263 g/mol. The molecule has 0 saturated carbocycles. The van der Waals surface area contributed by atoms with E-state index < -0.39 is 12.8 Å². The van der Waals surface area contributed by atoms with Crippen LogP contribution in [0.15, 0.2) is 12.3 Å². The highest BCUT2D eigenvalue weighted by atomic mass is 19.4. The normalized spacial score (nSPS) is 11.8. The molecule has 0 spiro atoms. The van der Waals surface area contributed by atoms with Gasteiger partial charge in [-0.3, -0.25) is 0 Å². The number of halogens is 3. The van der Waals surface area contributed by atoms with E-state index in [0.717, 1.165) is 5.69 Å². The van der Waals surface area contributed by atoms with Crippen molar-refractivity contribution in [1.29, 1.82) is 0 Å². The van der Waals surface area contributed by atoms with E-state index in [4.69, 9.17) is 0 Å². The Bertz CT molecular complexity index is 358. The van der Waals surface area contributed by atoms with Gasteiger partial charge in [0.05, 0.1) is 5.69 Å². The Hall–Kier alpha value is -1.21. The number of aryl methyl sites for hydroxylation is 1. The fraction of sp³-hybridized carbons (Fsp3) is 0.636. The number of ether oxygens (including phenoxy) is 1. The molecule has 4 nitrogen and oxygen atoms in total. The third-order valence-electron chi connectivity index (χ3n) is 2.05. The molecule has 0 aliphatic heterocycles. The standard InChI is InChI=1S/C11H16F3N3O/c1-9-16-5-3-10(17-9)7-15-4-2-6-18-8-11(12,13)14/h3,5,15H,2,4,6-8H2,1H3. The zero-order valence-electron chi connectivity index (χ0n) is 10.1. The van der Waals surface area contributed by atoms with Crippen molar-refractivity contribution in [2.75, 3.05) is 19.8 Å². The number of hydrogen-bond donors (Lipinski definition) is 1. The Morgan fingerprint density at radius 3 is 2.83 bits per heavy atom. The van der Waals surface area contributed by atoms with Crippen LogP contribution in [0.4, 0.5) is 13.2 Å². The topological polar surface area (TPSA) is 47.0 Å². The molecule has 1 aromatic heterocycles. The largest absolute Gasteiger partial charge is 0.411 e. The van der Waals surface area contributed by atoms with Crippen molar-refractivity contribution < 1.29 is 17.9 Å². The molecule has 0 aliphatic carbocycles. The molecule has 1 heterocycles. The van der Waals surface area contributed by atoms with E-state index in [-0.39, 0.29) is 6.61 Å². The predicted octanol–water partition coefficient (Wildman–Crippen LogP) is 1.84. The smallest absolute Gasteiger partial charge is 0.372 e. The van der Waals surface area contributed by atoms with Crippen LogP contribution in [0.3, 0.4) is 0 Å². The summed E-state index contributed by atoms with van der Waals surface area (Å²) in [6, 6.07) is 1.79. The second-order valence-corrected chi connectivity index (χ2v) is 3.79. The fourth-order valence-electron chi connectivity index (χ4n) is 1.31. The highest BCUT2D eigenvalue weighted by Crippen LogP contribution is 2.14. The van der Waals surface area contributed by atoms with Gasteiger partial charge >= 0.3 is 6.18 Å². The van der Waals surface area contributed by atoms with Crippen molar-refractivity contribution in [3.05, 3.63) is 23.8 Å². The Kier molecular flexibility index (Phi) is 6.00. The molecule has 0 amide bonds. The Balaban J connectivity index is 2.02. The second kappa shape index (κ2) is 7.27. The van der Waals surface area contributed by atoms with Gasteiger partial charge in [-0.15, -0.1) is 0 Å². The van der Waals surface area contributed by atoms with Crippen LogP contribution in [0.2, 0.25) is 0 Å². The molecule has 1 rings (SSSR count). The lowest BCUT2D eigenvalue weighted by atomic mass is 10.3. The molecule has 0 aliphatic rings. The predicted molar refractivity (Wildman–Crippen MR) is 60.0 cm³/mol. The second-order valence-electron chi connectivity index (χ2n) is 3.79. The molecule has 7 heteroatoms. The first-order valence-electron chi connectivity index (χ1n) is 5.61. The van der Waals surface area contributed by atoms with Crippen molar-refractivity contribution in [3.63, 3.8) is 0 Å². The highest BCUT2D eigenvalue weighted by molar-refractivity contribution is 5.00. The Labute approximate surface area is 104 Å². The van der Waals surface area contributed by atoms with Crippen molar-refractivity contribution in [1.82, 2.24) is 15.3 Å². The van der Waals surface area contributed by atoms with Crippen LogP contribution < -0.4 is 5.32 Å². The quantitative estimate of drug-likeness (QED) is 0.763. The average Bonchev–Trinajstić information content (AvgIpc) is 2.26. The van der Waals surface area contributed by atoms with Gasteiger partial charge in [-0.2, -0.15) is 13.2 Å². The van der Waals surface area contributed by atoms with E-state index >= 15 is 0 Å². The maximum absolute atomic E-state index is 11.7. The van der Waals surface area contributed by atoms with Crippen molar-refractivity contribution in [2.24, 2.45) is 0 Å².